The highest BCUT2D eigenvalue weighted by atomic mass is 32.2. The molecule has 2 heterocycles. The fourth-order valence-corrected chi connectivity index (χ4v) is 5.19. The molecule has 33 heavy (non-hydrogen) atoms. The standard InChI is InChI=1S/C27H24N2O3S/c1-32-15-7-14-29-26(30)25(33-27(29)31)16-21-18-28(24-13-5-4-12-23(21)24)17-20-10-6-9-19-8-2-3-11-22(19)20/h2-6,8-13,16,18H,7,14-15,17H2,1H3/b25-16+. The molecule has 1 fully saturated rings. The minimum absolute atomic E-state index is 0.221. The molecular weight excluding hydrogens is 432 g/mol. The number of carbonyl (C=O) groups excluding carboxylic acids is 2. The highest BCUT2D eigenvalue weighted by Gasteiger charge is 2.34. The molecule has 166 valence electrons. The molecule has 1 saturated heterocycles. The third kappa shape index (κ3) is 4.19. The number of hydrogen-bond donors (Lipinski definition) is 0. The minimum atomic E-state index is -0.230. The lowest BCUT2D eigenvalue weighted by Crippen LogP contribution is -2.29. The number of ether oxygens (including phenoxy) is 1. The van der Waals surface area contributed by atoms with E-state index in [0.29, 0.717) is 31.0 Å². The van der Waals surface area contributed by atoms with Gasteiger partial charge in [0.2, 0.25) is 0 Å². The van der Waals surface area contributed by atoms with Crippen LogP contribution in [0.15, 0.2) is 77.8 Å². The second kappa shape index (κ2) is 9.25. The van der Waals surface area contributed by atoms with Crippen molar-refractivity contribution >= 4 is 50.7 Å². The van der Waals surface area contributed by atoms with Gasteiger partial charge in [-0.1, -0.05) is 60.7 Å². The Morgan fingerprint density at radius 1 is 0.939 bits per heavy atom. The summed E-state index contributed by atoms with van der Waals surface area (Å²) in [7, 11) is 1.61. The fraction of sp³-hybridized carbons (Fsp3) is 0.185. The number of thioether (sulfide) groups is 1. The van der Waals surface area contributed by atoms with Gasteiger partial charge in [0.1, 0.15) is 0 Å². The zero-order valence-electron chi connectivity index (χ0n) is 18.4. The highest BCUT2D eigenvalue weighted by molar-refractivity contribution is 8.18. The lowest BCUT2D eigenvalue weighted by atomic mass is 10.0. The topological polar surface area (TPSA) is 51.5 Å². The quantitative estimate of drug-likeness (QED) is 0.256. The first kappa shape index (κ1) is 21.5. The summed E-state index contributed by atoms with van der Waals surface area (Å²) in [5, 5.41) is 3.29. The lowest BCUT2D eigenvalue weighted by molar-refractivity contribution is -0.122. The number of imide groups is 1. The molecular formula is C27H24N2O3S. The number of fused-ring (bicyclic) bond motifs is 2. The summed E-state index contributed by atoms with van der Waals surface area (Å²) < 4.78 is 7.26. The summed E-state index contributed by atoms with van der Waals surface area (Å²) in [6, 6.07) is 22.9. The van der Waals surface area contributed by atoms with Gasteiger partial charge in [0.25, 0.3) is 11.1 Å². The number of methoxy groups -OCH3 is 1. The number of para-hydroxylation sites is 1. The number of amides is 2. The van der Waals surface area contributed by atoms with Crippen LogP contribution in [0.1, 0.15) is 17.5 Å². The third-order valence-electron chi connectivity index (χ3n) is 5.93. The highest BCUT2D eigenvalue weighted by Crippen LogP contribution is 2.34. The molecule has 4 aromatic rings. The number of benzene rings is 3. The molecule has 0 aliphatic carbocycles. The minimum Gasteiger partial charge on any atom is -0.385 e. The van der Waals surface area contributed by atoms with Crippen molar-refractivity contribution in [1.29, 1.82) is 0 Å². The Morgan fingerprint density at radius 3 is 2.55 bits per heavy atom. The van der Waals surface area contributed by atoms with Crippen LogP contribution < -0.4 is 0 Å². The Bertz CT molecular complexity index is 1380. The number of carbonyl (C=O) groups is 2. The van der Waals surface area contributed by atoms with Gasteiger partial charge < -0.3 is 9.30 Å². The molecule has 0 saturated carbocycles. The molecule has 0 bridgehead atoms. The summed E-state index contributed by atoms with van der Waals surface area (Å²) in [6.07, 6.45) is 4.56. The van der Waals surface area contributed by atoms with Crippen molar-refractivity contribution in [2.75, 3.05) is 20.3 Å². The van der Waals surface area contributed by atoms with Gasteiger partial charge in [-0.25, -0.2) is 0 Å². The first-order valence-electron chi connectivity index (χ1n) is 10.9. The summed E-state index contributed by atoms with van der Waals surface area (Å²) in [5.41, 5.74) is 3.27. The SMILES string of the molecule is COCCCN1C(=O)S/C(=C/c2cn(Cc3cccc4ccccc34)c3ccccc23)C1=O. The normalized spacial score (nSPS) is 15.4. The number of aromatic nitrogens is 1. The molecule has 1 aliphatic rings. The molecule has 5 nitrogen and oxygen atoms in total. The van der Waals surface area contributed by atoms with Crippen LogP contribution in [0.4, 0.5) is 4.79 Å². The van der Waals surface area contributed by atoms with Crippen molar-refractivity contribution in [3.8, 4) is 0 Å². The van der Waals surface area contributed by atoms with E-state index < -0.39 is 0 Å². The van der Waals surface area contributed by atoms with Crippen molar-refractivity contribution in [2.45, 2.75) is 13.0 Å². The summed E-state index contributed by atoms with van der Waals surface area (Å²) in [5.74, 6) is -0.230. The smallest absolute Gasteiger partial charge is 0.293 e. The first-order valence-corrected chi connectivity index (χ1v) is 11.8. The number of rotatable bonds is 7. The van der Waals surface area contributed by atoms with Crippen molar-refractivity contribution in [2.24, 2.45) is 0 Å². The van der Waals surface area contributed by atoms with Gasteiger partial charge in [0.15, 0.2) is 0 Å². The van der Waals surface area contributed by atoms with Gasteiger partial charge in [0, 0.05) is 49.5 Å². The van der Waals surface area contributed by atoms with Gasteiger partial charge in [-0.05, 0) is 46.7 Å². The van der Waals surface area contributed by atoms with Gasteiger partial charge >= 0.3 is 0 Å². The predicted molar refractivity (Wildman–Crippen MR) is 134 cm³/mol. The summed E-state index contributed by atoms with van der Waals surface area (Å²) in [6.45, 7) is 1.61. The predicted octanol–water partition coefficient (Wildman–Crippen LogP) is 5.92. The first-order chi connectivity index (χ1) is 16.2. The Hall–Kier alpha value is -3.35. The summed E-state index contributed by atoms with van der Waals surface area (Å²) >= 11 is 1.01. The lowest BCUT2D eigenvalue weighted by Gasteiger charge is -2.11. The fourth-order valence-electron chi connectivity index (χ4n) is 4.34. The Balaban J connectivity index is 1.50. The van der Waals surface area contributed by atoms with Gasteiger partial charge in [-0.2, -0.15) is 0 Å². The zero-order chi connectivity index (χ0) is 22.8. The molecule has 1 aromatic heterocycles. The van der Waals surface area contributed by atoms with Crippen LogP contribution in [0.3, 0.4) is 0 Å². The van der Waals surface area contributed by atoms with Crippen molar-refractivity contribution in [3.63, 3.8) is 0 Å². The second-order valence-corrected chi connectivity index (χ2v) is 9.04. The average Bonchev–Trinajstić information content (AvgIpc) is 3.31. The number of hydrogen-bond acceptors (Lipinski definition) is 4. The van der Waals surface area contributed by atoms with Crippen molar-refractivity contribution < 1.29 is 14.3 Å². The van der Waals surface area contributed by atoms with Gasteiger partial charge in [-0.3, -0.25) is 14.5 Å². The molecule has 2 amide bonds. The summed E-state index contributed by atoms with van der Waals surface area (Å²) in [4.78, 5) is 27.0. The van der Waals surface area contributed by atoms with Crippen LogP contribution in [0.25, 0.3) is 27.8 Å². The molecule has 0 spiro atoms. The van der Waals surface area contributed by atoms with Crippen LogP contribution >= 0.6 is 11.8 Å². The molecule has 3 aromatic carbocycles. The maximum Gasteiger partial charge on any atom is 0.293 e. The second-order valence-electron chi connectivity index (χ2n) is 8.05. The van der Waals surface area contributed by atoms with Gasteiger partial charge in [0.05, 0.1) is 4.91 Å². The number of nitrogens with zero attached hydrogens (tertiary/aromatic N) is 2. The Kier molecular flexibility index (Phi) is 6.03. The van der Waals surface area contributed by atoms with E-state index in [0.717, 1.165) is 28.2 Å². The third-order valence-corrected chi connectivity index (χ3v) is 6.84. The Morgan fingerprint density at radius 2 is 1.70 bits per heavy atom. The largest absolute Gasteiger partial charge is 0.385 e. The average molecular weight is 457 g/mol. The molecule has 0 radical (unpaired) electrons. The molecule has 0 atom stereocenters. The maximum atomic E-state index is 12.9. The Labute approximate surface area is 196 Å². The van der Waals surface area contributed by atoms with E-state index in [-0.39, 0.29) is 11.1 Å². The maximum absolute atomic E-state index is 12.9. The van der Waals surface area contributed by atoms with E-state index in [1.165, 1.54) is 21.2 Å². The van der Waals surface area contributed by atoms with E-state index in [1.54, 1.807) is 7.11 Å². The molecule has 6 heteroatoms. The van der Waals surface area contributed by atoms with Crippen LogP contribution in [0, 0.1) is 0 Å². The van der Waals surface area contributed by atoms with E-state index in [2.05, 4.69) is 65.4 Å². The van der Waals surface area contributed by atoms with E-state index >= 15 is 0 Å². The van der Waals surface area contributed by atoms with Crippen molar-refractivity contribution in [3.05, 3.63) is 89.0 Å². The zero-order valence-corrected chi connectivity index (χ0v) is 19.2. The van der Waals surface area contributed by atoms with Crippen LogP contribution in [-0.4, -0.2) is 40.9 Å². The molecule has 1 aliphatic heterocycles. The molecule has 0 N–H and O–H groups in total. The monoisotopic (exact) mass is 456 g/mol. The molecule has 0 unspecified atom stereocenters. The van der Waals surface area contributed by atoms with Crippen LogP contribution in [-0.2, 0) is 16.1 Å². The van der Waals surface area contributed by atoms with Crippen molar-refractivity contribution in [1.82, 2.24) is 9.47 Å². The van der Waals surface area contributed by atoms with E-state index in [9.17, 15) is 9.59 Å². The van der Waals surface area contributed by atoms with Crippen LogP contribution in [0.2, 0.25) is 0 Å². The molecule has 5 rings (SSSR count). The van der Waals surface area contributed by atoms with Crippen LogP contribution in [0.5, 0.6) is 0 Å². The van der Waals surface area contributed by atoms with Gasteiger partial charge in [-0.15, -0.1) is 0 Å². The van der Waals surface area contributed by atoms with E-state index in [1.807, 2.05) is 18.2 Å². The van der Waals surface area contributed by atoms with E-state index in [4.69, 9.17) is 4.74 Å².